The number of hydrogen-bond donors (Lipinski definition) is 1. The fraction of sp³-hybridized carbons (Fsp3) is 0.312. The summed E-state index contributed by atoms with van der Waals surface area (Å²) in [5, 5.41) is 13.9. The van der Waals surface area contributed by atoms with Crippen molar-refractivity contribution in [3.8, 4) is 0 Å². The van der Waals surface area contributed by atoms with Crippen molar-refractivity contribution in [1.29, 1.82) is 0 Å². The summed E-state index contributed by atoms with van der Waals surface area (Å²) in [7, 11) is 0. The minimum absolute atomic E-state index is 0.181. The third-order valence-corrected chi connectivity index (χ3v) is 4.36. The van der Waals surface area contributed by atoms with Crippen LogP contribution in [0.15, 0.2) is 36.7 Å². The van der Waals surface area contributed by atoms with Gasteiger partial charge in [-0.3, -0.25) is 14.3 Å². The quantitative estimate of drug-likeness (QED) is 0.930. The van der Waals surface area contributed by atoms with Gasteiger partial charge in [-0.2, -0.15) is 5.10 Å². The molecule has 3 rings (SSSR count). The monoisotopic (exact) mass is 333 g/mol. The summed E-state index contributed by atoms with van der Waals surface area (Å²) in [5.41, 5.74) is 1.38. The Hall–Kier alpha value is -2.34. The maximum atomic E-state index is 12.4. The zero-order valence-electron chi connectivity index (χ0n) is 12.4. The molecule has 1 atom stereocenters. The number of aromatic nitrogens is 2. The summed E-state index contributed by atoms with van der Waals surface area (Å²) < 4.78 is 1.65. The summed E-state index contributed by atoms with van der Waals surface area (Å²) in [5.74, 6) is -1.51. The number of rotatable bonds is 4. The largest absolute Gasteiger partial charge is 0.481 e. The molecule has 2 aromatic rings. The number of carbonyl (C=O) groups is 2. The van der Waals surface area contributed by atoms with E-state index in [9.17, 15) is 9.59 Å². The Bertz CT molecular complexity index is 744. The highest BCUT2D eigenvalue weighted by Crippen LogP contribution is 2.20. The van der Waals surface area contributed by atoms with Crippen molar-refractivity contribution in [1.82, 2.24) is 14.7 Å². The predicted octanol–water partition coefficient (Wildman–Crippen LogP) is 2.13. The van der Waals surface area contributed by atoms with E-state index >= 15 is 0 Å². The van der Waals surface area contributed by atoms with Gasteiger partial charge in [0.1, 0.15) is 0 Å². The molecule has 1 amide bonds. The van der Waals surface area contributed by atoms with Crippen LogP contribution in [0.25, 0.3) is 0 Å². The minimum atomic E-state index is -0.852. The van der Waals surface area contributed by atoms with Gasteiger partial charge in [0, 0.05) is 24.3 Å². The number of benzene rings is 1. The third kappa shape index (κ3) is 3.37. The standard InChI is InChI=1S/C16H16ClN3O3/c17-14-4-2-1-3-11(14)9-20-10-13(7-18-20)15(21)19-6-5-12(8-19)16(22)23/h1-4,7,10,12H,5-6,8-9H2,(H,22,23). The van der Waals surface area contributed by atoms with E-state index < -0.39 is 11.9 Å². The molecule has 0 aliphatic carbocycles. The van der Waals surface area contributed by atoms with Crippen LogP contribution >= 0.6 is 11.6 Å². The summed E-state index contributed by atoms with van der Waals surface area (Å²) in [6.07, 6.45) is 3.67. The predicted molar refractivity (Wildman–Crippen MR) is 84.4 cm³/mol. The molecule has 1 aliphatic rings. The van der Waals surface area contributed by atoms with Crippen LogP contribution in [0.1, 0.15) is 22.3 Å². The molecule has 23 heavy (non-hydrogen) atoms. The first-order valence-electron chi connectivity index (χ1n) is 7.32. The highest BCUT2D eigenvalue weighted by molar-refractivity contribution is 6.31. The molecule has 6 nitrogen and oxygen atoms in total. The zero-order valence-corrected chi connectivity index (χ0v) is 13.1. The van der Waals surface area contributed by atoms with Crippen LogP contribution in [0.2, 0.25) is 5.02 Å². The fourth-order valence-corrected chi connectivity index (χ4v) is 2.89. The Labute approximate surface area is 138 Å². The molecule has 7 heteroatoms. The van der Waals surface area contributed by atoms with Crippen molar-refractivity contribution in [2.75, 3.05) is 13.1 Å². The van der Waals surface area contributed by atoms with Crippen molar-refractivity contribution in [2.24, 2.45) is 5.92 Å². The lowest BCUT2D eigenvalue weighted by Gasteiger charge is -2.14. The first-order valence-corrected chi connectivity index (χ1v) is 7.70. The molecule has 1 fully saturated rings. The van der Waals surface area contributed by atoms with Gasteiger partial charge in [0.15, 0.2) is 0 Å². The highest BCUT2D eigenvalue weighted by atomic mass is 35.5. The normalized spacial score (nSPS) is 17.4. The van der Waals surface area contributed by atoms with E-state index in [1.807, 2.05) is 24.3 Å². The maximum absolute atomic E-state index is 12.4. The number of hydrogen-bond acceptors (Lipinski definition) is 3. The van der Waals surface area contributed by atoms with Crippen LogP contribution < -0.4 is 0 Å². The lowest BCUT2D eigenvalue weighted by molar-refractivity contribution is -0.141. The number of carboxylic acids is 1. The van der Waals surface area contributed by atoms with E-state index in [1.165, 1.54) is 6.20 Å². The van der Waals surface area contributed by atoms with Crippen LogP contribution in [0.3, 0.4) is 0 Å². The minimum Gasteiger partial charge on any atom is -0.481 e. The average Bonchev–Trinajstić information content (AvgIpc) is 3.18. The molecule has 0 radical (unpaired) electrons. The number of nitrogens with zero attached hydrogens (tertiary/aromatic N) is 3. The second-order valence-electron chi connectivity index (χ2n) is 5.59. The van der Waals surface area contributed by atoms with Gasteiger partial charge in [0.25, 0.3) is 5.91 Å². The van der Waals surface area contributed by atoms with Gasteiger partial charge in [-0.15, -0.1) is 0 Å². The number of aliphatic carboxylic acids is 1. The number of halogens is 1. The van der Waals surface area contributed by atoms with E-state index in [0.717, 1.165) is 5.56 Å². The van der Waals surface area contributed by atoms with Gasteiger partial charge < -0.3 is 10.0 Å². The number of amides is 1. The Morgan fingerprint density at radius 1 is 1.35 bits per heavy atom. The van der Waals surface area contributed by atoms with Gasteiger partial charge in [-0.05, 0) is 18.1 Å². The number of carbonyl (C=O) groups excluding carboxylic acids is 1. The van der Waals surface area contributed by atoms with Crippen LogP contribution in [-0.2, 0) is 11.3 Å². The van der Waals surface area contributed by atoms with Crippen molar-refractivity contribution in [3.63, 3.8) is 0 Å². The highest BCUT2D eigenvalue weighted by Gasteiger charge is 2.31. The van der Waals surface area contributed by atoms with Crippen LogP contribution in [-0.4, -0.2) is 44.8 Å². The summed E-state index contributed by atoms with van der Waals surface area (Å²) in [6, 6.07) is 7.47. The molecule has 1 aromatic carbocycles. The Morgan fingerprint density at radius 3 is 2.83 bits per heavy atom. The SMILES string of the molecule is O=C(O)C1CCN(C(=O)c2cnn(Cc3ccccc3Cl)c2)C1. The van der Waals surface area contributed by atoms with E-state index in [1.54, 1.807) is 15.8 Å². The molecule has 1 unspecified atom stereocenters. The summed E-state index contributed by atoms with van der Waals surface area (Å²) >= 11 is 6.12. The second kappa shape index (κ2) is 6.42. The Balaban J connectivity index is 1.69. The van der Waals surface area contributed by atoms with E-state index in [4.69, 9.17) is 16.7 Å². The van der Waals surface area contributed by atoms with E-state index in [-0.39, 0.29) is 12.5 Å². The summed E-state index contributed by atoms with van der Waals surface area (Å²) in [4.78, 5) is 24.9. The third-order valence-electron chi connectivity index (χ3n) is 4.00. The molecule has 1 aromatic heterocycles. The molecule has 0 saturated carbocycles. The van der Waals surface area contributed by atoms with E-state index in [2.05, 4.69) is 5.10 Å². The van der Waals surface area contributed by atoms with E-state index in [0.29, 0.717) is 30.1 Å². The lowest BCUT2D eigenvalue weighted by atomic mass is 10.1. The molecule has 0 spiro atoms. The molecule has 1 N–H and O–H groups in total. The van der Waals surface area contributed by atoms with Crippen LogP contribution in [0, 0.1) is 5.92 Å². The summed E-state index contributed by atoms with van der Waals surface area (Å²) in [6.45, 7) is 1.19. The smallest absolute Gasteiger partial charge is 0.308 e. The number of likely N-dealkylation sites (tertiary alicyclic amines) is 1. The van der Waals surface area contributed by atoms with Gasteiger partial charge >= 0.3 is 5.97 Å². The van der Waals surface area contributed by atoms with Crippen LogP contribution in [0.4, 0.5) is 0 Å². The molecule has 1 aliphatic heterocycles. The molecule has 0 bridgehead atoms. The Kier molecular flexibility index (Phi) is 4.34. The van der Waals surface area contributed by atoms with Crippen LogP contribution in [0.5, 0.6) is 0 Å². The first-order chi connectivity index (χ1) is 11.0. The molecular weight excluding hydrogens is 318 g/mol. The van der Waals surface area contributed by atoms with Crippen molar-refractivity contribution < 1.29 is 14.7 Å². The zero-order chi connectivity index (χ0) is 16.4. The molecule has 2 heterocycles. The van der Waals surface area contributed by atoms with Gasteiger partial charge in [0.05, 0.1) is 24.2 Å². The topological polar surface area (TPSA) is 75.4 Å². The lowest BCUT2D eigenvalue weighted by Crippen LogP contribution is -2.29. The second-order valence-corrected chi connectivity index (χ2v) is 6.00. The Morgan fingerprint density at radius 2 is 2.13 bits per heavy atom. The van der Waals surface area contributed by atoms with Gasteiger partial charge in [0.2, 0.25) is 0 Å². The maximum Gasteiger partial charge on any atom is 0.308 e. The molecule has 1 saturated heterocycles. The number of carboxylic acid groups (broad SMARTS) is 1. The fourth-order valence-electron chi connectivity index (χ4n) is 2.69. The average molecular weight is 334 g/mol. The van der Waals surface area contributed by atoms with Crippen molar-refractivity contribution >= 4 is 23.5 Å². The molecular formula is C16H16ClN3O3. The van der Waals surface area contributed by atoms with Gasteiger partial charge in [-0.25, -0.2) is 0 Å². The molecule has 120 valence electrons. The van der Waals surface area contributed by atoms with Crippen molar-refractivity contribution in [3.05, 3.63) is 52.8 Å². The van der Waals surface area contributed by atoms with Gasteiger partial charge in [-0.1, -0.05) is 29.8 Å². The van der Waals surface area contributed by atoms with Crippen molar-refractivity contribution in [2.45, 2.75) is 13.0 Å². The first kappa shape index (κ1) is 15.6.